The molecule has 1 aliphatic rings. The Hall–Kier alpha value is -2.00. The van der Waals surface area contributed by atoms with Crippen molar-refractivity contribution in [2.75, 3.05) is 25.9 Å². The van der Waals surface area contributed by atoms with E-state index < -0.39 is 0 Å². The lowest BCUT2D eigenvalue weighted by Crippen LogP contribution is -2.42. The molecule has 3 heteroatoms. The van der Waals surface area contributed by atoms with E-state index in [0.717, 1.165) is 25.3 Å². The van der Waals surface area contributed by atoms with Crippen LogP contribution < -0.4 is 10.5 Å². The van der Waals surface area contributed by atoms with Gasteiger partial charge in [0.15, 0.2) is 0 Å². The van der Waals surface area contributed by atoms with Crippen molar-refractivity contribution in [1.29, 1.82) is 0 Å². The van der Waals surface area contributed by atoms with Crippen LogP contribution in [0.25, 0.3) is 0 Å². The van der Waals surface area contributed by atoms with Gasteiger partial charge in [0, 0.05) is 19.0 Å². The van der Waals surface area contributed by atoms with E-state index in [4.69, 9.17) is 10.5 Å². The number of hydrogen-bond donors (Lipinski definition) is 1. The molecule has 0 aliphatic carbocycles. The number of nitrogens with zero attached hydrogens (tertiary/aromatic N) is 1. The van der Waals surface area contributed by atoms with Crippen molar-refractivity contribution in [2.24, 2.45) is 0 Å². The summed E-state index contributed by atoms with van der Waals surface area (Å²) >= 11 is 0. The molecule has 21 heavy (non-hydrogen) atoms. The number of para-hydroxylation sites is 2. The molecule has 0 unspecified atom stereocenters. The Bertz CT molecular complexity index is 585. The minimum absolute atomic E-state index is 0.174. The third-order valence-electron chi connectivity index (χ3n) is 4.18. The van der Waals surface area contributed by atoms with Crippen LogP contribution in [0.1, 0.15) is 17.9 Å². The quantitative estimate of drug-likeness (QED) is 0.879. The maximum Gasteiger partial charge on any atom is 0.142 e. The molecule has 0 amide bonds. The highest BCUT2D eigenvalue weighted by molar-refractivity contribution is 5.52. The molecule has 0 aromatic heterocycles. The largest absolute Gasteiger partial charge is 0.488 e. The summed E-state index contributed by atoms with van der Waals surface area (Å²) in [5, 5.41) is 0. The van der Waals surface area contributed by atoms with Gasteiger partial charge in [-0.25, -0.2) is 0 Å². The Morgan fingerprint density at radius 2 is 1.76 bits per heavy atom. The number of anilines is 1. The normalized spacial score (nSPS) is 22.9. The molecule has 0 saturated carbocycles. The standard InChI is InChI=1S/C18H22N2O/c1-20-12-11-17(21-18-10-6-5-9-16(18)19)15(13-20)14-7-3-2-4-8-14/h2-10,15,17H,11-13,19H2,1H3/t15-,17+/m1/s1. The second-order valence-corrected chi connectivity index (χ2v) is 5.76. The molecule has 2 atom stereocenters. The van der Waals surface area contributed by atoms with Crippen LogP contribution in [0.4, 0.5) is 5.69 Å². The smallest absolute Gasteiger partial charge is 0.142 e. The van der Waals surface area contributed by atoms with Crippen LogP contribution in [0, 0.1) is 0 Å². The summed E-state index contributed by atoms with van der Waals surface area (Å²) in [6.07, 6.45) is 1.19. The molecule has 0 radical (unpaired) electrons. The lowest BCUT2D eigenvalue weighted by molar-refractivity contribution is 0.0908. The van der Waals surface area contributed by atoms with Gasteiger partial charge in [-0.05, 0) is 31.2 Å². The van der Waals surface area contributed by atoms with Crippen LogP contribution in [0.2, 0.25) is 0 Å². The number of rotatable bonds is 3. The highest BCUT2D eigenvalue weighted by Crippen LogP contribution is 2.32. The number of hydrogen-bond acceptors (Lipinski definition) is 3. The Labute approximate surface area is 126 Å². The molecule has 110 valence electrons. The topological polar surface area (TPSA) is 38.5 Å². The van der Waals surface area contributed by atoms with Crippen molar-refractivity contribution < 1.29 is 4.74 Å². The Balaban J connectivity index is 1.83. The van der Waals surface area contributed by atoms with Gasteiger partial charge < -0.3 is 15.4 Å². The van der Waals surface area contributed by atoms with Crippen molar-refractivity contribution in [3.63, 3.8) is 0 Å². The van der Waals surface area contributed by atoms with Gasteiger partial charge in [-0.15, -0.1) is 0 Å². The van der Waals surface area contributed by atoms with Crippen LogP contribution in [-0.2, 0) is 0 Å². The van der Waals surface area contributed by atoms with Crippen LogP contribution in [-0.4, -0.2) is 31.1 Å². The summed E-state index contributed by atoms with van der Waals surface area (Å²) in [5.41, 5.74) is 8.06. The molecular formula is C18H22N2O. The molecule has 3 nitrogen and oxygen atoms in total. The lowest BCUT2D eigenvalue weighted by atomic mass is 9.88. The van der Waals surface area contributed by atoms with E-state index in [1.165, 1.54) is 5.56 Å². The monoisotopic (exact) mass is 282 g/mol. The summed E-state index contributed by atoms with van der Waals surface area (Å²) in [6, 6.07) is 18.4. The fraction of sp³-hybridized carbons (Fsp3) is 0.333. The molecule has 1 fully saturated rings. The van der Waals surface area contributed by atoms with E-state index in [1.54, 1.807) is 0 Å². The number of benzene rings is 2. The molecule has 2 aromatic rings. The molecule has 1 saturated heterocycles. The van der Waals surface area contributed by atoms with E-state index in [2.05, 4.69) is 42.3 Å². The van der Waals surface area contributed by atoms with Crippen molar-refractivity contribution >= 4 is 5.69 Å². The molecular weight excluding hydrogens is 260 g/mol. The summed E-state index contributed by atoms with van der Waals surface area (Å²) in [4.78, 5) is 2.37. The Morgan fingerprint density at radius 1 is 1.05 bits per heavy atom. The van der Waals surface area contributed by atoms with Crippen LogP contribution in [0.3, 0.4) is 0 Å². The number of nitrogen functional groups attached to an aromatic ring is 1. The average Bonchev–Trinajstić information content (AvgIpc) is 2.52. The van der Waals surface area contributed by atoms with Crippen LogP contribution in [0.5, 0.6) is 5.75 Å². The minimum atomic E-state index is 0.174. The molecule has 0 spiro atoms. The molecule has 2 N–H and O–H groups in total. The van der Waals surface area contributed by atoms with E-state index in [1.807, 2.05) is 24.3 Å². The molecule has 2 aromatic carbocycles. The molecule has 1 aliphatic heterocycles. The van der Waals surface area contributed by atoms with Gasteiger partial charge in [-0.1, -0.05) is 42.5 Å². The third-order valence-corrected chi connectivity index (χ3v) is 4.18. The van der Waals surface area contributed by atoms with Crippen molar-refractivity contribution in [1.82, 2.24) is 4.90 Å². The Kier molecular flexibility index (Phi) is 4.11. The maximum atomic E-state index is 6.25. The zero-order chi connectivity index (χ0) is 14.7. The first-order valence-electron chi connectivity index (χ1n) is 7.48. The SMILES string of the molecule is CN1CC[C@H](Oc2ccccc2N)[C@@H](c2ccccc2)C1. The average molecular weight is 282 g/mol. The van der Waals surface area contributed by atoms with Gasteiger partial charge in [0.2, 0.25) is 0 Å². The van der Waals surface area contributed by atoms with E-state index in [9.17, 15) is 0 Å². The second-order valence-electron chi connectivity index (χ2n) is 5.76. The number of piperidine rings is 1. The fourth-order valence-corrected chi connectivity index (χ4v) is 3.01. The van der Waals surface area contributed by atoms with Gasteiger partial charge >= 0.3 is 0 Å². The maximum absolute atomic E-state index is 6.25. The van der Waals surface area contributed by atoms with E-state index >= 15 is 0 Å². The van der Waals surface area contributed by atoms with Gasteiger partial charge in [0.05, 0.1) is 5.69 Å². The highest BCUT2D eigenvalue weighted by Gasteiger charge is 2.30. The molecule has 0 bridgehead atoms. The first-order valence-corrected chi connectivity index (χ1v) is 7.48. The van der Waals surface area contributed by atoms with Gasteiger partial charge in [0.1, 0.15) is 11.9 Å². The predicted molar refractivity (Wildman–Crippen MR) is 86.6 cm³/mol. The number of likely N-dealkylation sites (N-methyl/N-ethyl adjacent to an activating group) is 1. The summed E-state index contributed by atoms with van der Waals surface area (Å²) < 4.78 is 6.25. The van der Waals surface area contributed by atoms with Gasteiger partial charge in [-0.3, -0.25) is 0 Å². The van der Waals surface area contributed by atoms with Crippen molar-refractivity contribution in [3.8, 4) is 5.75 Å². The number of likely N-dealkylation sites (tertiary alicyclic amines) is 1. The van der Waals surface area contributed by atoms with Crippen LogP contribution >= 0.6 is 0 Å². The summed E-state index contributed by atoms with van der Waals surface area (Å²) in [7, 11) is 2.17. The zero-order valence-electron chi connectivity index (χ0n) is 12.4. The lowest BCUT2D eigenvalue weighted by Gasteiger charge is -2.37. The first kappa shape index (κ1) is 14.0. The van der Waals surface area contributed by atoms with E-state index in [0.29, 0.717) is 11.6 Å². The molecule has 1 heterocycles. The molecule has 3 rings (SSSR count). The van der Waals surface area contributed by atoms with Crippen LogP contribution in [0.15, 0.2) is 54.6 Å². The predicted octanol–water partition coefficient (Wildman–Crippen LogP) is 3.14. The third kappa shape index (κ3) is 3.19. The number of ether oxygens (including phenoxy) is 1. The number of nitrogens with two attached hydrogens (primary N) is 1. The fourth-order valence-electron chi connectivity index (χ4n) is 3.01. The first-order chi connectivity index (χ1) is 10.2. The van der Waals surface area contributed by atoms with Crippen molar-refractivity contribution in [3.05, 3.63) is 60.2 Å². The Morgan fingerprint density at radius 3 is 2.52 bits per heavy atom. The summed E-state index contributed by atoms with van der Waals surface area (Å²) in [6.45, 7) is 2.07. The zero-order valence-corrected chi connectivity index (χ0v) is 12.4. The van der Waals surface area contributed by atoms with E-state index in [-0.39, 0.29) is 6.10 Å². The summed E-state index contributed by atoms with van der Waals surface area (Å²) in [5.74, 6) is 1.18. The minimum Gasteiger partial charge on any atom is -0.488 e. The van der Waals surface area contributed by atoms with Gasteiger partial charge in [0.25, 0.3) is 0 Å². The van der Waals surface area contributed by atoms with Gasteiger partial charge in [-0.2, -0.15) is 0 Å². The highest BCUT2D eigenvalue weighted by atomic mass is 16.5. The van der Waals surface area contributed by atoms with Crippen molar-refractivity contribution in [2.45, 2.75) is 18.4 Å². The second kappa shape index (κ2) is 6.19.